The van der Waals surface area contributed by atoms with Crippen LogP contribution in [0.15, 0.2) is 30.9 Å². The van der Waals surface area contributed by atoms with Crippen molar-refractivity contribution in [2.45, 2.75) is 19.8 Å². The zero-order chi connectivity index (χ0) is 12.6. The molecule has 0 spiro atoms. The highest BCUT2D eigenvalue weighted by Gasteiger charge is 2.03. The molecule has 0 bridgehead atoms. The Bertz CT molecular complexity index is 456. The van der Waals surface area contributed by atoms with Crippen molar-refractivity contribution < 1.29 is 4.74 Å². The van der Waals surface area contributed by atoms with Gasteiger partial charge in [0.25, 0.3) is 0 Å². The number of ether oxygens (including phenoxy) is 1. The van der Waals surface area contributed by atoms with Gasteiger partial charge in [-0.1, -0.05) is 6.92 Å². The quantitative estimate of drug-likeness (QED) is 0.786. The molecule has 0 fully saturated rings. The number of aromatic nitrogens is 3. The molecule has 5 heteroatoms. The zero-order valence-corrected chi connectivity index (χ0v) is 10.5. The summed E-state index contributed by atoms with van der Waals surface area (Å²) >= 11 is 0. The van der Waals surface area contributed by atoms with Crippen molar-refractivity contribution in [3.63, 3.8) is 0 Å². The third-order valence-corrected chi connectivity index (χ3v) is 2.47. The van der Waals surface area contributed by atoms with Gasteiger partial charge in [-0.15, -0.1) is 0 Å². The van der Waals surface area contributed by atoms with Gasteiger partial charge in [-0.2, -0.15) is 0 Å². The first-order chi connectivity index (χ1) is 8.90. The van der Waals surface area contributed by atoms with Gasteiger partial charge in [-0.3, -0.25) is 0 Å². The highest BCUT2D eigenvalue weighted by Crippen LogP contribution is 2.20. The Morgan fingerprint density at radius 2 is 2.39 bits per heavy atom. The molecule has 18 heavy (non-hydrogen) atoms. The van der Waals surface area contributed by atoms with E-state index in [9.17, 15) is 0 Å². The number of hydrogen-bond acceptors (Lipinski definition) is 4. The van der Waals surface area contributed by atoms with Crippen LogP contribution in [0.5, 0.6) is 5.75 Å². The van der Waals surface area contributed by atoms with E-state index in [2.05, 4.69) is 27.2 Å². The summed E-state index contributed by atoms with van der Waals surface area (Å²) in [4.78, 5) is 11.3. The smallest absolute Gasteiger partial charge is 0.168 e. The molecular formula is C13H18N4O. The number of nitrogens with one attached hydrogen (secondary N) is 2. The first-order valence-electron chi connectivity index (χ1n) is 6.19. The van der Waals surface area contributed by atoms with E-state index < -0.39 is 0 Å². The van der Waals surface area contributed by atoms with Crippen LogP contribution in [0.25, 0.3) is 0 Å². The highest BCUT2D eigenvalue weighted by molar-refractivity contribution is 5.49. The monoisotopic (exact) mass is 246 g/mol. The molecule has 0 aliphatic carbocycles. The van der Waals surface area contributed by atoms with Crippen LogP contribution in [0.3, 0.4) is 0 Å². The molecule has 2 rings (SSSR count). The second-order valence-corrected chi connectivity index (χ2v) is 3.95. The number of pyridine rings is 1. The third kappa shape index (κ3) is 3.48. The van der Waals surface area contributed by atoms with Gasteiger partial charge in [-0.05, 0) is 18.6 Å². The molecule has 0 aliphatic heterocycles. The van der Waals surface area contributed by atoms with Crippen molar-refractivity contribution in [3.8, 4) is 5.75 Å². The zero-order valence-electron chi connectivity index (χ0n) is 10.5. The van der Waals surface area contributed by atoms with Crippen LogP contribution in [0.2, 0.25) is 0 Å². The lowest BCUT2D eigenvalue weighted by molar-refractivity contribution is 0.318. The molecule has 2 aromatic rings. The predicted molar refractivity (Wildman–Crippen MR) is 70.8 cm³/mol. The maximum atomic E-state index is 5.63. The number of anilines is 1. The number of aromatic amines is 1. The van der Waals surface area contributed by atoms with Crippen molar-refractivity contribution >= 4 is 5.82 Å². The molecule has 0 saturated heterocycles. The summed E-state index contributed by atoms with van der Waals surface area (Å²) in [6, 6.07) is 3.81. The summed E-state index contributed by atoms with van der Waals surface area (Å²) in [6.45, 7) is 3.59. The standard InChI is InChI=1S/C13H18N4O/c1-2-8-18-12-4-3-6-15-13(12)16-7-5-11-9-14-10-17-11/h3-4,6,9-10H,2,5,7-8H2,1H3,(H,14,17)(H,15,16). The molecule has 0 atom stereocenters. The Labute approximate surface area is 107 Å². The van der Waals surface area contributed by atoms with Gasteiger partial charge in [0.1, 0.15) is 0 Å². The topological polar surface area (TPSA) is 62.8 Å². The molecule has 5 nitrogen and oxygen atoms in total. The van der Waals surface area contributed by atoms with Crippen LogP contribution in [0.1, 0.15) is 19.0 Å². The molecule has 0 radical (unpaired) electrons. The number of imidazole rings is 1. The van der Waals surface area contributed by atoms with E-state index >= 15 is 0 Å². The summed E-state index contributed by atoms with van der Waals surface area (Å²) in [6.07, 6.45) is 7.14. The average Bonchev–Trinajstić information content (AvgIpc) is 2.91. The van der Waals surface area contributed by atoms with Gasteiger partial charge in [-0.25, -0.2) is 9.97 Å². The van der Waals surface area contributed by atoms with Crippen LogP contribution in [0, 0.1) is 0 Å². The van der Waals surface area contributed by atoms with E-state index in [4.69, 9.17) is 4.74 Å². The molecular weight excluding hydrogens is 228 g/mol. The van der Waals surface area contributed by atoms with E-state index in [1.54, 1.807) is 12.5 Å². The fourth-order valence-corrected chi connectivity index (χ4v) is 1.59. The van der Waals surface area contributed by atoms with Gasteiger partial charge < -0.3 is 15.0 Å². The Balaban J connectivity index is 1.87. The van der Waals surface area contributed by atoms with Crippen molar-refractivity contribution in [3.05, 3.63) is 36.5 Å². The van der Waals surface area contributed by atoms with Crippen molar-refractivity contribution in [2.24, 2.45) is 0 Å². The summed E-state index contributed by atoms with van der Waals surface area (Å²) in [5.74, 6) is 1.61. The molecule has 0 aromatic carbocycles. The minimum absolute atomic E-state index is 0.709. The van der Waals surface area contributed by atoms with Gasteiger partial charge in [0.15, 0.2) is 11.6 Å². The van der Waals surface area contributed by atoms with Crippen molar-refractivity contribution in [2.75, 3.05) is 18.5 Å². The SMILES string of the molecule is CCCOc1cccnc1NCCc1cnc[nH]1. The van der Waals surface area contributed by atoms with E-state index in [0.717, 1.165) is 36.6 Å². The lowest BCUT2D eigenvalue weighted by Crippen LogP contribution is -2.08. The highest BCUT2D eigenvalue weighted by atomic mass is 16.5. The predicted octanol–water partition coefficient (Wildman–Crippen LogP) is 2.25. The fourth-order valence-electron chi connectivity index (χ4n) is 1.59. The molecule has 0 unspecified atom stereocenters. The van der Waals surface area contributed by atoms with Crippen LogP contribution in [-0.2, 0) is 6.42 Å². The van der Waals surface area contributed by atoms with Crippen LogP contribution in [0.4, 0.5) is 5.82 Å². The molecule has 2 N–H and O–H groups in total. The Hall–Kier alpha value is -2.04. The number of rotatable bonds is 7. The molecule has 0 saturated carbocycles. The second-order valence-electron chi connectivity index (χ2n) is 3.95. The van der Waals surface area contributed by atoms with E-state index in [-0.39, 0.29) is 0 Å². The summed E-state index contributed by atoms with van der Waals surface area (Å²) in [5.41, 5.74) is 1.11. The molecule has 2 heterocycles. The van der Waals surface area contributed by atoms with Crippen LogP contribution in [-0.4, -0.2) is 28.1 Å². The van der Waals surface area contributed by atoms with Gasteiger partial charge in [0, 0.05) is 31.1 Å². The first-order valence-corrected chi connectivity index (χ1v) is 6.19. The van der Waals surface area contributed by atoms with Crippen molar-refractivity contribution in [1.82, 2.24) is 15.0 Å². The molecule has 2 aromatic heterocycles. The summed E-state index contributed by atoms with van der Waals surface area (Å²) in [7, 11) is 0. The summed E-state index contributed by atoms with van der Waals surface area (Å²) in [5, 5.41) is 3.28. The Morgan fingerprint density at radius 3 is 3.17 bits per heavy atom. The lowest BCUT2D eigenvalue weighted by atomic mass is 10.3. The number of hydrogen-bond donors (Lipinski definition) is 2. The molecule has 0 amide bonds. The largest absolute Gasteiger partial charge is 0.490 e. The Kier molecular flexibility index (Phi) is 4.58. The van der Waals surface area contributed by atoms with E-state index in [1.807, 2.05) is 18.3 Å². The van der Waals surface area contributed by atoms with Gasteiger partial charge in [0.05, 0.1) is 12.9 Å². The maximum absolute atomic E-state index is 5.63. The van der Waals surface area contributed by atoms with E-state index in [0.29, 0.717) is 6.61 Å². The van der Waals surface area contributed by atoms with E-state index in [1.165, 1.54) is 0 Å². The van der Waals surface area contributed by atoms with Crippen molar-refractivity contribution in [1.29, 1.82) is 0 Å². The van der Waals surface area contributed by atoms with Gasteiger partial charge >= 0.3 is 0 Å². The normalized spacial score (nSPS) is 10.3. The molecule has 96 valence electrons. The van der Waals surface area contributed by atoms with Crippen LogP contribution < -0.4 is 10.1 Å². The molecule has 0 aliphatic rings. The number of H-pyrrole nitrogens is 1. The minimum atomic E-state index is 0.709. The lowest BCUT2D eigenvalue weighted by Gasteiger charge is -2.11. The van der Waals surface area contributed by atoms with Crippen LogP contribution >= 0.6 is 0 Å². The van der Waals surface area contributed by atoms with Gasteiger partial charge in [0.2, 0.25) is 0 Å². The third-order valence-electron chi connectivity index (χ3n) is 2.47. The first kappa shape index (κ1) is 12.4. The fraction of sp³-hybridized carbons (Fsp3) is 0.385. The average molecular weight is 246 g/mol. The Morgan fingerprint density at radius 1 is 1.44 bits per heavy atom. The number of nitrogens with zero attached hydrogens (tertiary/aromatic N) is 2. The maximum Gasteiger partial charge on any atom is 0.168 e. The minimum Gasteiger partial charge on any atom is -0.490 e. The summed E-state index contributed by atoms with van der Waals surface area (Å²) < 4.78 is 5.63. The second kappa shape index (κ2) is 6.64.